The number of fused-ring (bicyclic) bond motifs is 1. The van der Waals surface area contributed by atoms with Crippen molar-refractivity contribution in [2.75, 3.05) is 18.4 Å². The number of hydrogen-bond acceptors (Lipinski definition) is 6. The molecule has 7 nitrogen and oxygen atoms in total. The molecule has 0 aromatic carbocycles. The Labute approximate surface area is 194 Å². The zero-order valence-corrected chi connectivity index (χ0v) is 18.5. The maximum absolute atomic E-state index is 13.7. The van der Waals surface area contributed by atoms with Crippen molar-refractivity contribution in [1.82, 2.24) is 24.8 Å². The monoisotopic (exact) mass is 468 g/mol. The average molecular weight is 468 g/mol. The summed E-state index contributed by atoms with van der Waals surface area (Å²) in [6, 6.07) is 7.52. The Morgan fingerprint density at radius 1 is 1.09 bits per heavy atom. The smallest absolute Gasteiger partial charge is 0.368 e. The SMILES string of the molecule is Cc1ccc(-c2ncccn2)c(C(=O)N2C[C@H]3C[C@H]3C[C@H]2CNc2ccc(C(F)(F)F)cn2)n1. The van der Waals surface area contributed by atoms with Crippen molar-refractivity contribution in [3.63, 3.8) is 0 Å². The van der Waals surface area contributed by atoms with Crippen molar-refractivity contribution < 1.29 is 18.0 Å². The largest absolute Gasteiger partial charge is 0.417 e. The Kier molecular flexibility index (Phi) is 5.66. The Bertz CT molecular complexity index is 1190. The normalized spacial score (nSPS) is 21.6. The van der Waals surface area contributed by atoms with Crippen LogP contribution in [-0.2, 0) is 6.18 Å². The van der Waals surface area contributed by atoms with Gasteiger partial charge in [-0.3, -0.25) is 4.79 Å². The van der Waals surface area contributed by atoms with Gasteiger partial charge in [0.15, 0.2) is 5.82 Å². The van der Waals surface area contributed by atoms with Crippen molar-refractivity contribution >= 4 is 11.7 Å². The number of hydrogen-bond donors (Lipinski definition) is 1. The molecule has 176 valence electrons. The number of amides is 1. The quantitative estimate of drug-likeness (QED) is 0.604. The highest BCUT2D eigenvalue weighted by Crippen LogP contribution is 2.47. The van der Waals surface area contributed by atoms with Crippen LogP contribution in [0.15, 0.2) is 48.9 Å². The van der Waals surface area contributed by atoms with Gasteiger partial charge in [-0.1, -0.05) is 0 Å². The molecule has 1 amide bonds. The number of pyridine rings is 2. The highest BCUT2D eigenvalue weighted by molar-refractivity contribution is 5.98. The second kappa shape index (κ2) is 8.66. The lowest BCUT2D eigenvalue weighted by Crippen LogP contribution is -2.48. The molecule has 3 aromatic heterocycles. The van der Waals surface area contributed by atoms with Gasteiger partial charge in [0.25, 0.3) is 5.91 Å². The highest BCUT2D eigenvalue weighted by atomic mass is 19.4. The van der Waals surface area contributed by atoms with Crippen molar-refractivity contribution in [1.29, 1.82) is 0 Å². The van der Waals surface area contributed by atoms with Gasteiger partial charge in [-0.15, -0.1) is 0 Å². The number of halogens is 3. The molecule has 1 N–H and O–H groups in total. The predicted octanol–water partition coefficient (Wildman–Crippen LogP) is 4.22. The molecule has 10 heteroatoms. The molecule has 34 heavy (non-hydrogen) atoms. The lowest BCUT2D eigenvalue weighted by molar-refractivity contribution is -0.137. The number of alkyl halides is 3. The first kappa shape index (κ1) is 22.2. The number of carbonyl (C=O) groups excluding carboxylic acids is 1. The number of likely N-dealkylation sites (tertiary alicyclic amines) is 1. The van der Waals surface area contributed by atoms with Gasteiger partial charge in [0, 0.05) is 43.4 Å². The van der Waals surface area contributed by atoms with Gasteiger partial charge in [0.1, 0.15) is 11.5 Å². The molecule has 2 aliphatic rings. The van der Waals surface area contributed by atoms with Crippen molar-refractivity contribution in [2.45, 2.75) is 32.0 Å². The van der Waals surface area contributed by atoms with Crippen LogP contribution in [0.2, 0.25) is 0 Å². The minimum atomic E-state index is -4.43. The van der Waals surface area contributed by atoms with Crippen LogP contribution in [0.5, 0.6) is 0 Å². The van der Waals surface area contributed by atoms with E-state index in [0.717, 1.165) is 25.1 Å². The topological polar surface area (TPSA) is 83.9 Å². The molecule has 3 atom stereocenters. The third-order valence-corrected chi connectivity index (χ3v) is 6.43. The fourth-order valence-electron chi connectivity index (χ4n) is 4.51. The number of nitrogens with one attached hydrogen (secondary N) is 1. The molecule has 1 aliphatic carbocycles. The molecule has 1 saturated heterocycles. The predicted molar refractivity (Wildman–Crippen MR) is 119 cm³/mol. The summed E-state index contributed by atoms with van der Waals surface area (Å²) in [5.74, 6) is 1.63. The summed E-state index contributed by atoms with van der Waals surface area (Å²) < 4.78 is 38.4. The average Bonchev–Trinajstić information content (AvgIpc) is 3.60. The van der Waals surface area contributed by atoms with Gasteiger partial charge >= 0.3 is 6.18 Å². The lowest BCUT2D eigenvalue weighted by Gasteiger charge is -2.36. The summed E-state index contributed by atoms with van der Waals surface area (Å²) in [6.45, 7) is 2.84. The first-order chi connectivity index (χ1) is 16.3. The fourth-order valence-corrected chi connectivity index (χ4v) is 4.51. The molecular weight excluding hydrogens is 445 g/mol. The number of nitrogens with zero attached hydrogens (tertiary/aromatic N) is 5. The van der Waals surface area contributed by atoms with Crippen molar-refractivity contribution in [3.8, 4) is 11.4 Å². The number of aromatic nitrogens is 4. The molecule has 0 bridgehead atoms. The zero-order valence-electron chi connectivity index (χ0n) is 18.5. The molecule has 3 aromatic rings. The summed E-state index contributed by atoms with van der Waals surface area (Å²) in [7, 11) is 0. The van der Waals surface area contributed by atoms with Crippen LogP contribution in [0.4, 0.5) is 19.0 Å². The summed E-state index contributed by atoms with van der Waals surface area (Å²) in [6.07, 6.45) is 1.53. The van der Waals surface area contributed by atoms with E-state index in [1.54, 1.807) is 18.5 Å². The number of piperidine rings is 1. The van der Waals surface area contributed by atoms with E-state index in [2.05, 4.69) is 25.3 Å². The summed E-state index contributed by atoms with van der Waals surface area (Å²) in [4.78, 5) is 32.6. The minimum absolute atomic E-state index is 0.132. The van der Waals surface area contributed by atoms with Crippen LogP contribution in [0.1, 0.15) is 34.6 Å². The van der Waals surface area contributed by atoms with E-state index in [9.17, 15) is 18.0 Å². The molecule has 0 unspecified atom stereocenters. The molecule has 1 aliphatic heterocycles. The van der Waals surface area contributed by atoms with E-state index in [-0.39, 0.29) is 11.9 Å². The van der Waals surface area contributed by atoms with Gasteiger partial charge in [-0.2, -0.15) is 13.2 Å². The van der Waals surface area contributed by atoms with Gasteiger partial charge < -0.3 is 10.2 Å². The third-order valence-electron chi connectivity index (χ3n) is 6.43. The second-order valence-electron chi connectivity index (χ2n) is 8.83. The van der Waals surface area contributed by atoms with E-state index in [4.69, 9.17) is 0 Å². The van der Waals surface area contributed by atoms with Gasteiger partial charge in [-0.05, 0) is 61.9 Å². The molecule has 0 radical (unpaired) electrons. The van der Waals surface area contributed by atoms with E-state index in [0.29, 0.717) is 53.5 Å². The van der Waals surface area contributed by atoms with Crippen LogP contribution in [-0.4, -0.2) is 49.9 Å². The molecule has 1 saturated carbocycles. The number of aryl methyl sites for hydroxylation is 1. The second-order valence-corrected chi connectivity index (χ2v) is 8.83. The molecule has 0 spiro atoms. The van der Waals surface area contributed by atoms with E-state index in [1.807, 2.05) is 24.0 Å². The maximum Gasteiger partial charge on any atom is 0.417 e. The third kappa shape index (κ3) is 4.57. The summed E-state index contributed by atoms with van der Waals surface area (Å²) >= 11 is 0. The first-order valence-corrected chi connectivity index (χ1v) is 11.1. The van der Waals surface area contributed by atoms with Crippen LogP contribution < -0.4 is 5.32 Å². The Balaban J connectivity index is 1.37. The number of carbonyl (C=O) groups is 1. The van der Waals surface area contributed by atoms with Crippen molar-refractivity contribution in [2.24, 2.45) is 11.8 Å². The Morgan fingerprint density at radius 3 is 2.59 bits per heavy atom. The lowest BCUT2D eigenvalue weighted by atomic mass is 10.00. The number of rotatable bonds is 5. The highest BCUT2D eigenvalue weighted by Gasteiger charge is 2.47. The van der Waals surface area contributed by atoms with E-state index < -0.39 is 11.7 Å². The summed E-state index contributed by atoms with van der Waals surface area (Å²) in [5.41, 5.74) is 0.802. The van der Waals surface area contributed by atoms with Crippen LogP contribution >= 0.6 is 0 Å². The summed E-state index contributed by atoms with van der Waals surface area (Å²) in [5, 5.41) is 3.11. The van der Waals surface area contributed by atoms with Crippen LogP contribution in [0.25, 0.3) is 11.4 Å². The first-order valence-electron chi connectivity index (χ1n) is 11.1. The Morgan fingerprint density at radius 2 is 1.88 bits per heavy atom. The maximum atomic E-state index is 13.7. The fraction of sp³-hybridized carbons (Fsp3) is 0.375. The van der Waals surface area contributed by atoms with Crippen molar-refractivity contribution in [3.05, 3.63) is 65.9 Å². The zero-order chi connectivity index (χ0) is 23.9. The number of anilines is 1. The molecular formula is C24H23F3N6O. The van der Waals surface area contributed by atoms with Crippen LogP contribution in [0.3, 0.4) is 0 Å². The standard InChI is InChI=1S/C24H23F3N6O/c1-14-3-5-19(22-28-7-2-8-29-22)21(32-14)23(34)33-13-16-9-15(16)10-18(33)12-31-20-6-4-17(11-30-20)24(25,26)27/h2-8,11,15-16,18H,9-10,12-13H2,1H3,(H,30,31)/t15-,16+,18-/m0/s1. The van der Waals surface area contributed by atoms with Gasteiger partial charge in [0.2, 0.25) is 0 Å². The van der Waals surface area contributed by atoms with E-state index >= 15 is 0 Å². The minimum Gasteiger partial charge on any atom is -0.368 e. The van der Waals surface area contributed by atoms with E-state index in [1.165, 1.54) is 6.07 Å². The van der Waals surface area contributed by atoms with Crippen LogP contribution in [0, 0.1) is 18.8 Å². The molecule has 2 fully saturated rings. The van der Waals surface area contributed by atoms with Gasteiger partial charge in [0.05, 0.1) is 11.1 Å². The van der Waals surface area contributed by atoms with Gasteiger partial charge in [-0.25, -0.2) is 19.9 Å². The Hall–Kier alpha value is -3.56. The molecule has 4 heterocycles. The molecule has 5 rings (SSSR count).